The van der Waals surface area contributed by atoms with Crippen molar-refractivity contribution in [1.82, 2.24) is 5.32 Å². The lowest BCUT2D eigenvalue weighted by Gasteiger charge is -2.19. The highest BCUT2D eigenvalue weighted by Gasteiger charge is 2.17. The van der Waals surface area contributed by atoms with Gasteiger partial charge < -0.3 is 10.2 Å². The van der Waals surface area contributed by atoms with E-state index < -0.39 is 0 Å². The van der Waals surface area contributed by atoms with Gasteiger partial charge in [0.15, 0.2) is 0 Å². The summed E-state index contributed by atoms with van der Waals surface area (Å²) in [6.45, 7) is 2.74. The minimum absolute atomic E-state index is 0.0628. The Morgan fingerprint density at radius 3 is 2.84 bits per heavy atom. The quantitative estimate of drug-likeness (QED) is 0.721. The summed E-state index contributed by atoms with van der Waals surface area (Å²) in [5.41, 5.74) is 3.72. The molecule has 1 aliphatic rings. The van der Waals surface area contributed by atoms with Crippen molar-refractivity contribution in [3.05, 3.63) is 63.6 Å². The van der Waals surface area contributed by atoms with E-state index in [1.807, 2.05) is 6.07 Å². The summed E-state index contributed by atoms with van der Waals surface area (Å²) in [5.74, 6) is 0.0628. The van der Waals surface area contributed by atoms with Crippen LogP contribution >= 0.6 is 23.2 Å². The first kappa shape index (κ1) is 18.1. The standard InChI is InChI=1S/C20H22Cl2N2O/c21-17-8-6-15(18(22)14-17)7-9-20(25)23-11-3-12-24-13-10-16-4-1-2-5-19(16)24/h1-2,4-6,8,14H,3,7,9-13H2,(H,23,25). The number of carbonyl (C=O) groups excluding carboxylic acids is 1. The fraction of sp³-hybridized carbons (Fsp3) is 0.350. The van der Waals surface area contributed by atoms with Gasteiger partial charge in [-0.25, -0.2) is 0 Å². The number of anilines is 1. The number of rotatable bonds is 7. The highest BCUT2D eigenvalue weighted by Crippen LogP contribution is 2.27. The third-order valence-electron chi connectivity index (χ3n) is 4.55. The Hall–Kier alpha value is -1.71. The van der Waals surface area contributed by atoms with E-state index in [1.165, 1.54) is 11.3 Å². The molecule has 0 spiro atoms. The molecule has 1 N–H and O–H groups in total. The number of nitrogens with one attached hydrogen (secondary N) is 1. The monoisotopic (exact) mass is 376 g/mol. The second-order valence-corrected chi connectivity index (χ2v) is 7.15. The topological polar surface area (TPSA) is 32.3 Å². The largest absolute Gasteiger partial charge is 0.371 e. The molecule has 3 nitrogen and oxygen atoms in total. The van der Waals surface area contributed by atoms with Crippen LogP contribution < -0.4 is 10.2 Å². The second kappa shape index (κ2) is 8.59. The number of carbonyl (C=O) groups is 1. The van der Waals surface area contributed by atoms with Crippen LogP contribution in [0.5, 0.6) is 0 Å². The van der Waals surface area contributed by atoms with Crippen molar-refractivity contribution in [2.75, 3.05) is 24.5 Å². The van der Waals surface area contributed by atoms with Crippen LogP contribution in [0.1, 0.15) is 24.0 Å². The van der Waals surface area contributed by atoms with Gasteiger partial charge in [0.1, 0.15) is 0 Å². The summed E-state index contributed by atoms with van der Waals surface area (Å²) >= 11 is 12.0. The Bertz CT molecular complexity index is 748. The molecule has 2 aromatic carbocycles. The van der Waals surface area contributed by atoms with Gasteiger partial charge in [0.2, 0.25) is 5.91 Å². The predicted molar refractivity (Wildman–Crippen MR) is 105 cm³/mol. The Morgan fingerprint density at radius 1 is 1.16 bits per heavy atom. The maximum atomic E-state index is 12.0. The van der Waals surface area contributed by atoms with E-state index in [0.29, 0.717) is 29.4 Å². The molecule has 5 heteroatoms. The van der Waals surface area contributed by atoms with Crippen LogP contribution in [0.3, 0.4) is 0 Å². The molecule has 0 saturated carbocycles. The molecule has 0 radical (unpaired) electrons. The van der Waals surface area contributed by atoms with E-state index in [2.05, 4.69) is 34.5 Å². The van der Waals surface area contributed by atoms with E-state index in [9.17, 15) is 4.79 Å². The number of hydrogen-bond donors (Lipinski definition) is 1. The first-order valence-electron chi connectivity index (χ1n) is 8.67. The van der Waals surface area contributed by atoms with Crippen molar-refractivity contribution in [3.63, 3.8) is 0 Å². The van der Waals surface area contributed by atoms with Crippen LogP contribution in [-0.2, 0) is 17.6 Å². The van der Waals surface area contributed by atoms with E-state index >= 15 is 0 Å². The molecule has 132 valence electrons. The zero-order valence-electron chi connectivity index (χ0n) is 14.1. The summed E-state index contributed by atoms with van der Waals surface area (Å²) in [4.78, 5) is 14.4. The average molecular weight is 377 g/mol. The van der Waals surface area contributed by atoms with Gasteiger partial charge in [-0.1, -0.05) is 47.5 Å². The number of amides is 1. The number of para-hydroxylation sites is 1. The summed E-state index contributed by atoms with van der Waals surface area (Å²) in [7, 11) is 0. The van der Waals surface area contributed by atoms with Gasteiger partial charge in [-0.2, -0.15) is 0 Å². The van der Waals surface area contributed by atoms with Crippen molar-refractivity contribution in [3.8, 4) is 0 Å². The van der Waals surface area contributed by atoms with Crippen molar-refractivity contribution >= 4 is 34.8 Å². The molecule has 0 aliphatic carbocycles. The molecule has 0 atom stereocenters. The molecule has 1 heterocycles. The lowest BCUT2D eigenvalue weighted by Crippen LogP contribution is -2.29. The third-order valence-corrected chi connectivity index (χ3v) is 5.13. The number of nitrogens with zero attached hydrogens (tertiary/aromatic N) is 1. The van der Waals surface area contributed by atoms with Crippen LogP contribution in [0.25, 0.3) is 0 Å². The van der Waals surface area contributed by atoms with Crippen LogP contribution in [0.4, 0.5) is 5.69 Å². The highest BCUT2D eigenvalue weighted by atomic mass is 35.5. The van der Waals surface area contributed by atoms with E-state index in [4.69, 9.17) is 23.2 Å². The van der Waals surface area contributed by atoms with Gasteiger partial charge >= 0.3 is 0 Å². The molecule has 25 heavy (non-hydrogen) atoms. The number of fused-ring (bicyclic) bond motifs is 1. The van der Waals surface area contributed by atoms with Crippen molar-refractivity contribution in [2.45, 2.75) is 25.7 Å². The van der Waals surface area contributed by atoms with E-state index in [-0.39, 0.29) is 5.91 Å². The number of halogens is 2. The average Bonchev–Trinajstić information content (AvgIpc) is 3.01. The molecule has 0 bridgehead atoms. The number of benzene rings is 2. The van der Waals surface area contributed by atoms with Gasteiger partial charge in [0, 0.05) is 41.8 Å². The summed E-state index contributed by atoms with van der Waals surface area (Å²) in [6.07, 6.45) is 3.13. The first-order chi connectivity index (χ1) is 12.1. The molecule has 1 amide bonds. The smallest absolute Gasteiger partial charge is 0.220 e. The van der Waals surface area contributed by atoms with E-state index in [1.54, 1.807) is 12.1 Å². The number of aryl methyl sites for hydroxylation is 1. The molecule has 0 unspecified atom stereocenters. The molecular formula is C20H22Cl2N2O. The lowest BCUT2D eigenvalue weighted by atomic mass is 10.1. The molecule has 0 fully saturated rings. The van der Waals surface area contributed by atoms with Crippen LogP contribution in [0.15, 0.2) is 42.5 Å². The Kier molecular flexibility index (Phi) is 6.22. The molecular weight excluding hydrogens is 355 g/mol. The second-order valence-electron chi connectivity index (χ2n) is 6.30. The molecule has 2 aromatic rings. The minimum atomic E-state index is 0.0628. The Labute approximate surface area is 158 Å². The van der Waals surface area contributed by atoms with Crippen molar-refractivity contribution in [2.24, 2.45) is 0 Å². The zero-order chi connectivity index (χ0) is 17.6. The summed E-state index contributed by atoms with van der Waals surface area (Å²) in [5, 5.41) is 4.23. The minimum Gasteiger partial charge on any atom is -0.371 e. The Morgan fingerprint density at radius 2 is 2.00 bits per heavy atom. The summed E-state index contributed by atoms with van der Waals surface area (Å²) in [6, 6.07) is 13.9. The molecule has 0 saturated heterocycles. The van der Waals surface area contributed by atoms with Gasteiger partial charge in [-0.05, 0) is 48.6 Å². The maximum absolute atomic E-state index is 12.0. The zero-order valence-corrected chi connectivity index (χ0v) is 15.6. The van der Waals surface area contributed by atoms with Gasteiger partial charge in [-0.3, -0.25) is 4.79 Å². The van der Waals surface area contributed by atoms with Gasteiger partial charge in [0.25, 0.3) is 0 Å². The van der Waals surface area contributed by atoms with Gasteiger partial charge in [0.05, 0.1) is 0 Å². The maximum Gasteiger partial charge on any atom is 0.220 e. The predicted octanol–water partition coefficient (Wildman–Crippen LogP) is 4.50. The fourth-order valence-corrected chi connectivity index (χ4v) is 3.70. The van der Waals surface area contributed by atoms with Crippen LogP contribution in [0.2, 0.25) is 10.0 Å². The molecule has 3 rings (SSSR count). The first-order valence-corrected chi connectivity index (χ1v) is 9.42. The normalized spacial score (nSPS) is 13.0. The SMILES string of the molecule is O=C(CCc1ccc(Cl)cc1Cl)NCCCN1CCc2ccccc21. The molecule has 1 aliphatic heterocycles. The van der Waals surface area contributed by atoms with Crippen molar-refractivity contribution < 1.29 is 4.79 Å². The Balaban J connectivity index is 1.36. The van der Waals surface area contributed by atoms with Gasteiger partial charge in [-0.15, -0.1) is 0 Å². The van der Waals surface area contributed by atoms with Crippen molar-refractivity contribution in [1.29, 1.82) is 0 Å². The lowest BCUT2D eigenvalue weighted by molar-refractivity contribution is -0.121. The van der Waals surface area contributed by atoms with Crippen LogP contribution in [-0.4, -0.2) is 25.5 Å². The molecule has 0 aromatic heterocycles. The number of hydrogen-bond acceptors (Lipinski definition) is 2. The fourth-order valence-electron chi connectivity index (χ4n) is 3.20. The highest BCUT2D eigenvalue weighted by molar-refractivity contribution is 6.35. The third kappa shape index (κ3) is 4.90. The summed E-state index contributed by atoms with van der Waals surface area (Å²) < 4.78 is 0. The van der Waals surface area contributed by atoms with E-state index in [0.717, 1.165) is 31.5 Å². The van der Waals surface area contributed by atoms with Crippen LogP contribution in [0, 0.1) is 0 Å².